The Morgan fingerprint density at radius 3 is 2.30 bits per heavy atom. The highest BCUT2D eigenvalue weighted by Crippen LogP contribution is 2.39. The summed E-state index contributed by atoms with van der Waals surface area (Å²) >= 11 is 1.80. The van der Waals surface area contributed by atoms with Crippen LogP contribution in [-0.4, -0.2) is 46.4 Å². The van der Waals surface area contributed by atoms with Gasteiger partial charge in [0.15, 0.2) is 0 Å². The number of hydrogen-bond donors (Lipinski definition) is 0. The molecule has 0 unspecified atom stereocenters. The number of rotatable bonds is 3. The molecule has 142 valence electrons. The number of fused-ring (bicyclic) bond motifs is 2. The molecule has 2 aliphatic heterocycles. The van der Waals surface area contributed by atoms with Crippen LogP contribution in [0, 0.1) is 11.8 Å². The maximum absolute atomic E-state index is 12.7. The van der Waals surface area contributed by atoms with Gasteiger partial charge in [0.2, 0.25) is 11.8 Å². The van der Waals surface area contributed by atoms with E-state index in [1.54, 1.807) is 16.2 Å². The standard InChI is InChI=1S/C21H25N3O2S/c25-20-15-5-1-2-6-16(15)21(26)24(20)13-23-11-9-14(10-12-23)19-22-17-7-3-4-8-18(17)27-19/h3-4,7-8,14-16H,1-2,5-6,9-13H2/t15-,16-/m1/s1. The molecule has 3 fully saturated rings. The molecule has 1 aliphatic carbocycles. The van der Waals surface area contributed by atoms with E-state index >= 15 is 0 Å². The van der Waals surface area contributed by atoms with Crippen LogP contribution in [0.3, 0.4) is 0 Å². The Bertz CT molecular complexity index is 814. The first-order valence-electron chi connectivity index (χ1n) is 10.1. The lowest BCUT2D eigenvalue weighted by Gasteiger charge is -2.33. The fraction of sp³-hybridized carbons (Fsp3) is 0.571. The van der Waals surface area contributed by atoms with Gasteiger partial charge in [0.25, 0.3) is 0 Å². The van der Waals surface area contributed by atoms with Crippen LogP contribution in [0.1, 0.15) is 49.5 Å². The highest BCUT2D eigenvalue weighted by Gasteiger charge is 2.48. The summed E-state index contributed by atoms with van der Waals surface area (Å²) < 4.78 is 1.26. The topological polar surface area (TPSA) is 53.5 Å². The molecule has 0 spiro atoms. The summed E-state index contributed by atoms with van der Waals surface area (Å²) in [6.07, 6.45) is 6.05. The Balaban J connectivity index is 1.22. The number of hydrogen-bond acceptors (Lipinski definition) is 5. The molecule has 27 heavy (non-hydrogen) atoms. The van der Waals surface area contributed by atoms with E-state index in [1.165, 1.54) is 9.71 Å². The van der Waals surface area contributed by atoms with Crippen LogP contribution in [0.15, 0.2) is 24.3 Å². The van der Waals surface area contributed by atoms with Gasteiger partial charge in [-0.25, -0.2) is 4.98 Å². The van der Waals surface area contributed by atoms with Crippen molar-refractivity contribution in [1.82, 2.24) is 14.8 Å². The molecule has 2 amide bonds. The second kappa shape index (κ2) is 6.99. The maximum atomic E-state index is 12.7. The molecular weight excluding hydrogens is 358 g/mol. The quantitative estimate of drug-likeness (QED) is 0.760. The molecule has 1 aromatic carbocycles. The number of imide groups is 1. The Morgan fingerprint density at radius 1 is 0.963 bits per heavy atom. The summed E-state index contributed by atoms with van der Waals surface area (Å²) in [4.78, 5) is 34.0. The molecule has 2 atom stereocenters. The summed E-state index contributed by atoms with van der Waals surface area (Å²) in [7, 11) is 0. The predicted octanol–water partition coefficient (Wildman–Crippen LogP) is 3.61. The van der Waals surface area contributed by atoms with Crippen molar-refractivity contribution in [2.45, 2.75) is 44.4 Å². The van der Waals surface area contributed by atoms with Crippen LogP contribution in [-0.2, 0) is 9.59 Å². The third-order valence-corrected chi connectivity index (χ3v) is 7.72. The lowest BCUT2D eigenvalue weighted by atomic mass is 9.81. The Morgan fingerprint density at radius 2 is 1.63 bits per heavy atom. The van der Waals surface area contributed by atoms with Crippen molar-refractivity contribution in [3.8, 4) is 0 Å². The van der Waals surface area contributed by atoms with Crippen molar-refractivity contribution in [2.24, 2.45) is 11.8 Å². The van der Waals surface area contributed by atoms with Crippen molar-refractivity contribution in [1.29, 1.82) is 0 Å². The fourth-order valence-corrected chi connectivity index (χ4v) is 6.09. The van der Waals surface area contributed by atoms with Gasteiger partial charge in [0.1, 0.15) is 0 Å². The molecule has 0 bridgehead atoms. The molecule has 2 aromatic rings. The minimum atomic E-state index is -0.0356. The lowest BCUT2D eigenvalue weighted by Crippen LogP contribution is -2.44. The minimum Gasteiger partial charge on any atom is -0.286 e. The molecule has 6 heteroatoms. The van der Waals surface area contributed by atoms with Crippen molar-refractivity contribution in [3.05, 3.63) is 29.3 Å². The molecule has 1 aromatic heterocycles. The van der Waals surface area contributed by atoms with Gasteiger partial charge in [-0.2, -0.15) is 0 Å². The number of carbonyl (C=O) groups is 2. The molecule has 1 saturated carbocycles. The zero-order chi connectivity index (χ0) is 18.4. The van der Waals surface area contributed by atoms with Crippen LogP contribution in [0.5, 0.6) is 0 Å². The second-order valence-corrected chi connectivity index (χ2v) is 9.22. The van der Waals surface area contributed by atoms with E-state index in [9.17, 15) is 9.59 Å². The van der Waals surface area contributed by atoms with Gasteiger partial charge >= 0.3 is 0 Å². The lowest BCUT2D eigenvalue weighted by molar-refractivity contribution is -0.142. The molecular formula is C21H25N3O2S. The van der Waals surface area contributed by atoms with E-state index in [4.69, 9.17) is 4.98 Å². The number of carbonyl (C=O) groups excluding carboxylic acids is 2. The van der Waals surface area contributed by atoms with E-state index < -0.39 is 0 Å². The van der Waals surface area contributed by atoms with Crippen LogP contribution in [0.2, 0.25) is 0 Å². The number of likely N-dealkylation sites (tertiary alicyclic amines) is 2. The molecule has 0 N–H and O–H groups in total. The van der Waals surface area contributed by atoms with E-state index in [0.717, 1.165) is 57.1 Å². The average Bonchev–Trinajstić information content (AvgIpc) is 3.24. The zero-order valence-electron chi connectivity index (χ0n) is 15.5. The van der Waals surface area contributed by atoms with Crippen molar-refractivity contribution in [3.63, 3.8) is 0 Å². The second-order valence-electron chi connectivity index (χ2n) is 8.16. The monoisotopic (exact) mass is 383 g/mol. The number of piperidine rings is 1. The third-order valence-electron chi connectivity index (χ3n) is 6.52. The van der Waals surface area contributed by atoms with Crippen LogP contribution in [0.25, 0.3) is 10.2 Å². The highest BCUT2D eigenvalue weighted by atomic mass is 32.1. The highest BCUT2D eigenvalue weighted by molar-refractivity contribution is 7.18. The number of nitrogens with zero attached hydrogens (tertiary/aromatic N) is 3. The van der Waals surface area contributed by atoms with Crippen LogP contribution < -0.4 is 0 Å². The molecule has 5 nitrogen and oxygen atoms in total. The van der Waals surface area contributed by atoms with E-state index in [0.29, 0.717) is 12.6 Å². The summed E-state index contributed by atoms with van der Waals surface area (Å²) in [6, 6.07) is 8.31. The molecule has 0 radical (unpaired) electrons. The van der Waals surface area contributed by atoms with Gasteiger partial charge in [0.05, 0.1) is 33.7 Å². The van der Waals surface area contributed by atoms with Crippen molar-refractivity contribution >= 4 is 33.4 Å². The smallest absolute Gasteiger partial charge is 0.234 e. The number of amides is 2. The molecule has 3 heterocycles. The normalized spacial score (nSPS) is 27.5. The first-order chi connectivity index (χ1) is 13.2. The van der Waals surface area contributed by atoms with Gasteiger partial charge in [-0.3, -0.25) is 19.4 Å². The largest absolute Gasteiger partial charge is 0.286 e. The number of aromatic nitrogens is 1. The predicted molar refractivity (Wildman–Crippen MR) is 105 cm³/mol. The number of thiazole rings is 1. The Labute approximate surface area is 163 Å². The first-order valence-corrected chi connectivity index (χ1v) is 11.0. The fourth-order valence-electron chi connectivity index (χ4n) is 4.96. The Hall–Kier alpha value is -1.79. The average molecular weight is 384 g/mol. The molecule has 3 aliphatic rings. The zero-order valence-corrected chi connectivity index (χ0v) is 16.3. The van der Waals surface area contributed by atoms with Crippen molar-refractivity contribution < 1.29 is 9.59 Å². The third kappa shape index (κ3) is 3.09. The van der Waals surface area contributed by atoms with Crippen LogP contribution in [0.4, 0.5) is 0 Å². The van der Waals surface area contributed by atoms with E-state index in [2.05, 4.69) is 23.1 Å². The van der Waals surface area contributed by atoms with Gasteiger partial charge in [-0.15, -0.1) is 11.3 Å². The maximum Gasteiger partial charge on any atom is 0.234 e. The first kappa shape index (κ1) is 17.3. The van der Waals surface area contributed by atoms with Crippen molar-refractivity contribution in [2.75, 3.05) is 19.8 Å². The Kier molecular flexibility index (Phi) is 4.48. The van der Waals surface area contributed by atoms with Gasteiger partial charge in [-0.1, -0.05) is 25.0 Å². The van der Waals surface area contributed by atoms with Gasteiger partial charge in [0, 0.05) is 19.0 Å². The SMILES string of the molecule is O=C1[C@@H]2CCCC[C@H]2C(=O)N1CN1CCC(c2nc3ccccc3s2)CC1. The minimum absolute atomic E-state index is 0.0356. The summed E-state index contributed by atoms with van der Waals surface area (Å²) in [5, 5.41) is 1.23. The van der Waals surface area contributed by atoms with Crippen LogP contribution >= 0.6 is 11.3 Å². The summed E-state index contributed by atoms with van der Waals surface area (Å²) in [5.74, 6) is 0.584. The van der Waals surface area contributed by atoms with E-state index in [-0.39, 0.29) is 23.7 Å². The number of para-hydroxylation sites is 1. The molecule has 2 saturated heterocycles. The molecule has 5 rings (SSSR count). The van der Waals surface area contributed by atoms with E-state index in [1.807, 2.05) is 6.07 Å². The summed E-state index contributed by atoms with van der Waals surface area (Å²) in [5.41, 5.74) is 1.09. The van der Waals surface area contributed by atoms with Gasteiger partial charge in [-0.05, 0) is 37.8 Å². The van der Waals surface area contributed by atoms with Gasteiger partial charge < -0.3 is 0 Å². The number of benzene rings is 1. The summed E-state index contributed by atoms with van der Waals surface area (Å²) in [6.45, 7) is 2.33.